The lowest BCUT2D eigenvalue weighted by Gasteiger charge is -2.09. The van der Waals surface area contributed by atoms with Gasteiger partial charge in [-0.15, -0.1) is 10.2 Å². The molecule has 7 heteroatoms. The van der Waals surface area contributed by atoms with Gasteiger partial charge in [-0.1, -0.05) is 48.9 Å². The molecule has 2 aromatic carbocycles. The van der Waals surface area contributed by atoms with Crippen LogP contribution in [0.15, 0.2) is 59.5 Å². The average Bonchev–Trinajstić information content (AvgIpc) is 2.66. The largest absolute Gasteiger partial charge is 0.365 e. The van der Waals surface area contributed by atoms with Crippen molar-refractivity contribution in [2.45, 2.75) is 31.7 Å². The molecule has 0 aliphatic carbocycles. The zero-order valence-corrected chi connectivity index (χ0v) is 16.1. The van der Waals surface area contributed by atoms with Crippen molar-refractivity contribution >= 4 is 15.8 Å². The number of aromatic nitrogens is 2. The summed E-state index contributed by atoms with van der Waals surface area (Å²) in [6, 6.07) is 17.0. The number of benzene rings is 2. The van der Waals surface area contributed by atoms with Crippen molar-refractivity contribution in [2.75, 3.05) is 5.32 Å². The summed E-state index contributed by atoms with van der Waals surface area (Å²) in [4.78, 5) is 0.131. The first kappa shape index (κ1) is 19.0. The van der Waals surface area contributed by atoms with Crippen LogP contribution in [-0.4, -0.2) is 18.6 Å². The fraction of sp³-hybridized carbons (Fsp3) is 0.200. The molecule has 0 radical (unpaired) electrons. The van der Waals surface area contributed by atoms with Crippen LogP contribution >= 0.6 is 0 Å². The number of primary sulfonamides is 1. The third-order valence-electron chi connectivity index (χ3n) is 4.27. The first-order valence-electron chi connectivity index (χ1n) is 8.66. The summed E-state index contributed by atoms with van der Waals surface area (Å²) in [5.74, 6) is 0.650. The van der Waals surface area contributed by atoms with Crippen LogP contribution in [0.2, 0.25) is 0 Å². The highest BCUT2D eigenvalue weighted by molar-refractivity contribution is 7.89. The van der Waals surface area contributed by atoms with E-state index in [1.165, 1.54) is 5.56 Å². The van der Waals surface area contributed by atoms with E-state index in [0.717, 1.165) is 5.56 Å². The topological polar surface area (TPSA) is 98.0 Å². The molecule has 27 heavy (non-hydrogen) atoms. The third-order valence-corrected chi connectivity index (χ3v) is 5.26. The molecule has 0 saturated heterocycles. The molecule has 0 amide bonds. The van der Waals surface area contributed by atoms with Gasteiger partial charge in [-0.2, -0.15) is 0 Å². The van der Waals surface area contributed by atoms with Crippen LogP contribution in [0.25, 0.3) is 11.3 Å². The van der Waals surface area contributed by atoms with Crippen LogP contribution in [0.1, 0.15) is 23.6 Å². The van der Waals surface area contributed by atoms with E-state index in [-0.39, 0.29) is 4.90 Å². The lowest BCUT2D eigenvalue weighted by atomic mass is 10.1. The maximum atomic E-state index is 11.8. The van der Waals surface area contributed by atoms with E-state index >= 15 is 0 Å². The van der Waals surface area contributed by atoms with Gasteiger partial charge in [-0.05, 0) is 42.7 Å². The van der Waals surface area contributed by atoms with Gasteiger partial charge in [0.25, 0.3) is 0 Å². The molecule has 0 atom stereocenters. The molecule has 0 fully saturated rings. The van der Waals surface area contributed by atoms with Crippen LogP contribution < -0.4 is 10.5 Å². The Morgan fingerprint density at radius 3 is 2.48 bits per heavy atom. The number of anilines is 1. The maximum absolute atomic E-state index is 11.8. The highest BCUT2D eigenvalue weighted by Gasteiger charge is 2.15. The monoisotopic (exact) mass is 382 g/mol. The molecule has 3 N–H and O–H groups in total. The first-order valence-corrected chi connectivity index (χ1v) is 10.2. The molecule has 0 aliphatic heterocycles. The molecule has 0 aliphatic rings. The molecule has 3 rings (SSSR count). The lowest BCUT2D eigenvalue weighted by Crippen LogP contribution is -2.14. The van der Waals surface area contributed by atoms with Crippen molar-refractivity contribution in [1.82, 2.24) is 10.2 Å². The first-order chi connectivity index (χ1) is 12.9. The summed E-state index contributed by atoms with van der Waals surface area (Å²) in [7, 11) is -3.79. The highest BCUT2D eigenvalue weighted by Crippen LogP contribution is 2.24. The quantitative estimate of drug-likeness (QED) is 0.682. The molecule has 0 saturated carbocycles. The highest BCUT2D eigenvalue weighted by atomic mass is 32.2. The number of nitrogens with two attached hydrogens (primary N) is 1. The molecule has 140 valence electrons. The number of sulfonamides is 1. The summed E-state index contributed by atoms with van der Waals surface area (Å²) >= 11 is 0. The van der Waals surface area contributed by atoms with E-state index in [1.54, 1.807) is 18.2 Å². The summed E-state index contributed by atoms with van der Waals surface area (Å²) in [6.07, 6.45) is 0.583. The van der Waals surface area contributed by atoms with Crippen molar-refractivity contribution in [2.24, 2.45) is 5.14 Å². The van der Waals surface area contributed by atoms with Gasteiger partial charge in [0.2, 0.25) is 10.0 Å². The normalized spacial score (nSPS) is 11.4. The Kier molecular flexibility index (Phi) is 5.53. The summed E-state index contributed by atoms with van der Waals surface area (Å²) in [5.41, 5.74) is 4.30. The number of hydrogen-bond acceptors (Lipinski definition) is 5. The zero-order valence-electron chi connectivity index (χ0n) is 15.3. The van der Waals surface area contributed by atoms with Crippen LogP contribution in [-0.2, 0) is 23.0 Å². The smallest absolute Gasteiger partial charge is 0.238 e. The Labute approximate surface area is 159 Å². The fourth-order valence-corrected chi connectivity index (χ4v) is 3.74. The van der Waals surface area contributed by atoms with E-state index < -0.39 is 10.0 Å². The van der Waals surface area contributed by atoms with Crippen LogP contribution in [0, 0.1) is 6.92 Å². The molecule has 3 aromatic rings. The van der Waals surface area contributed by atoms with Gasteiger partial charge in [0.05, 0.1) is 10.6 Å². The molecular weight excluding hydrogens is 360 g/mol. The third kappa shape index (κ3) is 4.69. The molecule has 0 bridgehead atoms. The molecule has 1 aromatic heterocycles. The number of nitrogens with one attached hydrogen (secondary N) is 1. The average molecular weight is 382 g/mol. The van der Waals surface area contributed by atoms with E-state index in [2.05, 4.69) is 34.6 Å². The Morgan fingerprint density at radius 2 is 1.85 bits per heavy atom. The second kappa shape index (κ2) is 7.85. The van der Waals surface area contributed by atoms with E-state index in [1.807, 2.05) is 31.2 Å². The van der Waals surface area contributed by atoms with Gasteiger partial charge >= 0.3 is 0 Å². The fourth-order valence-electron chi connectivity index (χ4n) is 2.87. The maximum Gasteiger partial charge on any atom is 0.238 e. The SMILES string of the molecule is CCc1ccc(-c2ccc(NCc3cccc(C)c3)nn2)cc1S(N)(=O)=O. The van der Waals surface area contributed by atoms with Crippen LogP contribution in [0.5, 0.6) is 0 Å². The molecule has 0 unspecified atom stereocenters. The molecule has 1 heterocycles. The Hall–Kier alpha value is -2.77. The van der Waals surface area contributed by atoms with E-state index in [4.69, 9.17) is 5.14 Å². The number of aryl methyl sites for hydroxylation is 2. The molecular formula is C20H22N4O2S. The molecule has 6 nitrogen and oxygen atoms in total. The minimum absolute atomic E-state index is 0.131. The van der Waals surface area contributed by atoms with Crippen molar-refractivity contribution in [1.29, 1.82) is 0 Å². The van der Waals surface area contributed by atoms with Crippen molar-refractivity contribution in [3.05, 3.63) is 71.3 Å². The molecule has 0 spiro atoms. The Balaban J connectivity index is 1.79. The standard InChI is InChI=1S/C20H22N4O2S/c1-3-16-7-8-17(12-19(16)27(21,25)26)18-9-10-20(24-23-18)22-13-15-6-4-5-14(2)11-15/h4-12H,3,13H2,1-2H3,(H,22,24)(H2,21,25,26). The second-order valence-corrected chi connectivity index (χ2v) is 7.90. The number of rotatable bonds is 6. The van der Waals surface area contributed by atoms with Crippen molar-refractivity contribution in [3.63, 3.8) is 0 Å². The Morgan fingerprint density at radius 1 is 1.04 bits per heavy atom. The predicted octanol–water partition coefficient (Wildman–Crippen LogP) is 3.27. The van der Waals surface area contributed by atoms with Crippen LogP contribution in [0.4, 0.5) is 5.82 Å². The van der Waals surface area contributed by atoms with Gasteiger partial charge < -0.3 is 5.32 Å². The summed E-state index contributed by atoms with van der Waals surface area (Å²) < 4.78 is 23.7. The second-order valence-electron chi connectivity index (χ2n) is 6.37. The van der Waals surface area contributed by atoms with Gasteiger partial charge in [0.15, 0.2) is 0 Å². The number of nitrogens with zero attached hydrogens (tertiary/aromatic N) is 2. The minimum Gasteiger partial charge on any atom is -0.365 e. The zero-order chi connectivity index (χ0) is 19.4. The van der Waals surface area contributed by atoms with Gasteiger partial charge in [0.1, 0.15) is 5.82 Å². The van der Waals surface area contributed by atoms with Gasteiger partial charge in [0, 0.05) is 12.1 Å². The van der Waals surface area contributed by atoms with Gasteiger partial charge in [-0.3, -0.25) is 0 Å². The van der Waals surface area contributed by atoms with Gasteiger partial charge in [-0.25, -0.2) is 13.6 Å². The lowest BCUT2D eigenvalue weighted by molar-refractivity contribution is 0.596. The summed E-state index contributed by atoms with van der Waals surface area (Å²) in [5, 5.41) is 17.0. The van der Waals surface area contributed by atoms with Crippen molar-refractivity contribution < 1.29 is 8.42 Å². The predicted molar refractivity (Wildman–Crippen MR) is 107 cm³/mol. The number of hydrogen-bond donors (Lipinski definition) is 2. The minimum atomic E-state index is -3.79. The van der Waals surface area contributed by atoms with Crippen LogP contribution in [0.3, 0.4) is 0 Å². The van der Waals surface area contributed by atoms with E-state index in [9.17, 15) is 8.42 Å². The van der Waals surface area contributed by atoms with E-state index in [0.29, 0.717) is 35.6 Å². The van der Waals surface area contributed by atoms with Crippen molar-refractivity contribution in [3.8, 4) is 11.3 Å². The summed E-state index contributed by atoms with van der Waals surface area (Å²) in [6.45, 7) is 4.59. The Bertz CT molecular complexity index is 1050.